The highest BCUT2D eigenvalue weighted by Crippen LogP contribution is 2.24. The minimum Gasteiger partial charge on any atom is -0.368 e. The molecule has 0 bridgehead atoms. The third-order valence-corrected chi connectivity index (χ3v) is 4.02. The molecule has 138 valence electrons. The van der Waals surface area contributed by atoms with E-state index in [0.717, 1.165) is 28.3 Å². The van der Waals surface area contributed by atoms with E-state index in [0.29, 0.717) is 6.54 Å². The standard InChI is InChI=1S/C24H27N3/c1-7-13-25-20(5)17-27(6)24-12-10-9-11-22(24)23(8-2)26-21-15-18(3)14-19(4)16-21/h7-16H,1-2,5,17H2,3-4,6H3. The average molecular weight is 358 g/mol. The number of rotatable bonds is 8. The molecule has 0 heterocycles. The van der Waals surface area contributed by atoms with Gasteiger partial charge in [-0.05, 0) is 49.2 Å². The van der Waals surface area contributed by atoms with Gasteiger partial charge in [-0.2, -0.15) is 0 Å². The summed E-state index contributed by atoms with van der Waals surface area (Å²) in [4.78, 5) is 11.2. The number of aryl methyl sites for hydroxylation is 2. The summed E-state index contributed by atoms with van der Waals surface area (Å²) in [6, 6.07) is 14.5. The van der Waals surface area contributed by atoms with Gasteiger partial charge in [-0.15, -0.1) is 0 Å². The van der Waals surface area contributed by atoms with E-state index in [9.17, 15) is 0 Å². The first-order valence-corrected chi connectivity index (χ1v) is 8.87. The summed E-state index contributed by atoms with van der Waals surface area (Å²) in [5.41, 5.74) is 6.99. The molecule has 0 aliphatic carbocycles. The number of hydrogen-bond acceptors (Lipinski definition) is 3. The van der Waals surface area contributed by atoms with Crippen LogP contribution in [0, 0.1) is 13.8 Å². The van der Waals surface area contributed by atoms with Crippen LogP contribution in [0.5, 0.6) is 0 Å². The second-order valence-corrected chi connectivity index (χ2v) is 6.50. The van der Waals surface area contributed by atoms with Crippen LogP contribution in [0.4, 0.5) is 11.4 Å². The Hall–Kier alpha value is -3.20. The van der Waals surface area contributed by atoms with E-state index >= 15 is 0 Å². The molecule has 2 rings (SSSR count). The van der Waals surface area contributed by atoms with Gasteiger partial charge in [0.05, 0.1) is 23.6 Å². The highest BCUT2D eigenvalue weighted by atomic mass is 15.1. The van der Waals surface area contributed by atoms with E-state index in [2.05, 4.69) is 73.8 Å². The van der Waals surface area contributed by atoms with Gasteiger partial charge in [0.25, 0.3) is 0 Å². The van der Waals surface area contributed by atoms with Gasteiger partial charge >= 0.3 is 0 Å². The van der Waals surface area contributed by atoms with Crippen LogP contribution in [0.1, 0.15) is 16.7 Å². The first kappa shape index (κ1) is 20.1. The summed E-state index contributed by atoms with van der Waals surface area (Å²) >= 11 is 0. The second kappa shape index (κ2) is 9.48. The summed E-state index contributed by atoms with van der Waals surface area (Å²) < 4.78 is 0. The Kier molecular flexibility index (Phi) is 7.07. The van der Waals surface area contributed by atoms with Crippen molar-refractivity contribution in [3.63, 3.8) is 0 Å². The number of aliphatic imine (C=N–C) groups is 2. The molecule has 0 atom stereocenters. The molecule has 0 radical (unpaired) electrons. The van der Waals surface area contributed by atoms with E-state index in [4.69, 9.17) is 4.99 Å². The van der Waals surface area contributed by atoms with Crippen molar-refractivity contribution >= 4 is 23.3 Å². The van der Waals surface area contributed by atoms with E-state index < -0.39 is 0 Å². The van der Waals surface area contributed by atoms with Crippen molar-refractivity contribution < 1.29 is 0 Å². The van der Waals surface area contributed by atoms with E-state index in [-0.39, 0.29) is 0 Å². The molecule has 0 fully saturated rings. The van der Waals surface area contributed by atoms with Crippen LogP contribution in [0.15, 0.2) is 90.0 Å². The Balaban J connectivity index is 2.40. The topological polar surface area (TPSA) is 28.0 Å². The van der Waals surface area contributed by atoms with Gasteiger partial charge in [-0.1, -0.05) is 50.1 Å². The Morgan fingerprint density at radius 2 is 1.74 bits per heavy atom. The third-order valence-electron chi connectivity index (χ3n) is 4.02. The molecule has 27 heavy (non-hydrogen) atoms. The Labute approximate surface area is 162 Å². The predicted molar refractivity (Wildman–Crippen MR) is 120 cm³/mol. The number of benzene rings is 2. The number of hydrogen-bond donors (Lipinski definition) is 0. The van der Waals surface area contributed by atoms with Crippen molar-refractivity contribution in [3.8, 4) is 0 Å². The number of allylic oxidation sites excluding steroid dienone is 2. The van der Waals surface area contributed by atoms with Crippen molar-refractivity contribution in [2.24, 2.45) is 9.98 Å². The second-order valence-electron chi connectivity index (χ2n) is 6.50. The third kappa shape index (κ3) is 5.65. The lowest BCUT2D eigenvalue weighted by Crippen LogP contribution is -2.21. The number of nitrogens with zero attached hydrogens (tertiary/aromatic N) is 3. The summed E-state index contributed by atoms with van der Waals surface area (Å²) in [7, 11) is 2.02. The van der Waals surface area contributed by atoms with Crippen LogP contribution in [0.25, 0.3) is 0 Å². The maximum atomic E-state index is 4.85. The largest absolute Gasteiger partial charge is 0.368 e. The Bertz CT molecular complexity index is 883. The first-order chi connectivity index (χ1) is 12.9. The van der Waals surface area contributed by atoms with Crippen molar-refractivity contribution in [2.75, 3.05) is 18.5 Å². The van der Waals surface area contributed by atoms with Crippen molar-refractivity contribution in [2.45, 2.75) is 13.8 Å². The SMILES string of the molecule is C=CC=NC(=C)CN(C)c1ccccc1C(C=C)=Nc1cc(C)cc(C)c1. The van der Waals surface area contributed by atoms with Gasteiger partial charge in [-0.3, -0.25) is 4.99 Å². The Morgan fingerprint density at radius 1 is 1.07 bits per heavy atom. The molecule has 0 amide bonds. The molecule has 0 unspecified atom stereocenters. The molecule has 0 N–H and O–H groups in total. The normalized spacial score (nSPS) is 11.4. The molecular weight excluding hydrogens is 330 g/mol. The maximum Gasteiger partial charge on any atom is 0.0724 e. The lowest BCUT2D eigenvalue weighted by atomic mass is 10.1. The molecule has 0 saturated carbocycles. The monoisotopic (exact) mass is 357 g/mol. The summed E-state index contributed by atoms with van der Waals surface area (Å²) in [6.07, 6.45) is 5.10. The zero-order chi connectivity index (χ0) is 19.8. The Morgan fingerprint density at radius 3 is 2.37 bits per heavy atom. The molecule has 3 nitrogen and oxygen atoms in total. The van der Waals surface area contributed by atoms with Crippen LogP contribution < -0.4 is 4.90 Å². The first-order valence-electron chi connectivity index (χ1n) is 8.87. The highest BCUT2D eigenvalue weighted by molar-refractivity contribution is 6.13. The molecule has 3 heteroatoms. The molecule has 2 aromatic rings. The van der Waals surface area contributed by atoms with E-state index in [1.807, 2.05) is 19.2 Å². The molecule has 0 aromatic heterocycles. The number of anilines is 1. The summed E-state index contributed by atoms with van der Waals surface area (Å²) in [5, 5.41) is 0. The van der Waals surface area contributed by atoms with Gasteiger partial charge in [-0.25, -0.2) is 4.99 Å². The quantitative estimate of drug-likeness (QED) is 0.547. The lowest BCUT2D eigenvalue weighted by Gasteiger charge is -2.22. The van der Waals surface area contributed by atoms with Crippen LogP contribution in [-0.2, 0) is 0 Å². The molecular formula is C24H27N3. The minimum absolute atomic E-state index is 0.606. The number of para-hydroxylation sites is 1. The smallest absolute Gasteiger partial charge is 0.0724 e. The van der Waals surface area contributed by atoms with Crippen LogP contribution >= 0.6 is 0 Å². The maximum absolute atomic E-state index is 4.85. The molecule has 0 spiro atoms. The van der Waals surface area contributed by atoms with Crippen LogP contribution in [-0.4, -0.2) is 25.5 Å². The zero-order valence-electron chi connectivity index (χ0n) is 16.4. The van der Waals surface area contributed by atoms with Gasteiger partial charge in [0, 0.05) is 24.5 Å². The minimum atomic E-state index is 0.606. The molecule has 2 aromatic carbocycles. The zero-order valence-corrected chi connectivity index (χ0v) is 16.4. The van der Waals surface area contributed by atoms with Crippen LogP contribution in [0.2, 0.25) is 0 Å². The van der Waals surface area contributed by atoms with Gasteiger partial charge in [0.15, 0.2) is 0 Å². The molecule has 0 aliphatic heterocycles. The van der Waals surface area contributed by atoms with Crippen molar-refractivity contribution in [1.82, 2.24) is 0 Å². The lowest BCUT2D eigenvalue weighted by molar-refractivity contribution is 0.973. The van der Waals surface area contributed by atoms with Crippen molar-refractivity contribution in [3.05, 3.63) is 96.7 Å². The fourth-order valence-corrected chi connectivity index (χ4v) is 2.95. The number of likely N-dealkylation sites (N-methyl/N-ethyl adjacent to an activating group) is 1. The highest BCUT2D eigenvalue weighted by Gasteiger charge is 2.11. The van der Waals surface area contributed by atoms with Crippen LogP contribution in [0.3, 0.4) is 0 Å². The summed E-state index contributed by atoms with van der Waals surface area (Å²) in [6.45, 7) is 16.4. The fraction of sp³-hybridized carbons (Fsp3) is 0.167. The van der Waals surface area contributed by atoms with Crippen molar-refractivity contribution in [1.29, 1.82) is 0 Å². The fourth-order valence-electron chi connectivity index (χ4n) is 2.95. The average Bonchev–Trinajstić information content (AvgIpc) is 2.63. The van der Waals surface area contributed by atoms with E-state index in [1.54, 1.807) is 18.4 Å². The van der Waals surface area contributed by atoms with Gasteiger partial charge in [0.1, 0.15) is 0 Å². The van der Waals surface area contributed by atoms with Gasteiger partial charge < -0.3 is 4.90 Å². The van der Waals surface area contributed by atoms with Gasteiger partial charge in [0.2, 0.25) is 0 Å². The predicted octanol–water partition coefficient (Wildman–Crippen LogP) is 5.82. The summed E-state index contributed by atoms with van der Waals surface area (Å²) in [5.74, 6) is 0. The molecule has 0 saturated heterocycles. The molecule has 0 aliphatic rings. The van der Waals surface area contributed by atoms with E-state index in [1.165, 1.54) is 11.1 Å².